The Kier molecular flexibility index (Phi) is 4.87. The van der Waals surface area contributed by atoms with Gasteiger partial charge >= 0.3 is 6.18 Å². The maximum atomic E-state index is 13.0. The topological polar surface area (TPSA) is 78.0 Å². The predicted octanol–water partition coefficient (Wildman–Crippen LogP) is 2.66. The number of aryl methyl sites for hydroxylation is 1. The molecule has 2 aromatic rings. The van der Waals surface area contributed by atoms with E-state index in [0.29, 0.717) is 31.8 Å². The molecule has 3 rings (SSSR count). The highest BCUT2D eigenvalue weighted by atomic mass is 19.4. The zero-order valence-electron chi connectivity index (χ0n) is 14.1. The van der Waals surface area contributed by atoms with Gasteiger partial charge in [0.05, 0.1) is 5.56 Å². The average Bonchev–Trinajstić information content (AvgIpc) is 3.05. The molecular weight excluding hydrogens is 347 g/mol. The van der Waals surface area contributed by atoms with Crippen molar-refractivity contribution in [2.24, 2.45) is 13.0 Å². The first kappa shape index (κ1) is 18.2. The number of aliphatic hydroxyl groups excluding tert-OH is 1. The minimum Gasteiger partial charge on any atom is -0.385 e. The molecule has 1 aliphatic rings. The summed E-state index contributed by atoms with van der Waals surface area (Å²) in [7, 11) is 1.77. The number of halogens is 3. The molecule has 2 unspecified atom stereocenters. The Morgan fingerprint density at radius 2 is 2.15 bits per heavy atom. The van der Waals surface area contributed by atoms with Gasteiger partial charge in [-0.25, -0.2) is 9.97 Å². The Bertz CT molecular complexity index is 827. The van der Waals surface area contributed by atoms with E-state index in [4.69, 9.17) is 0 Å². The summed E-state index contributed by atoms with van der Waals surface area (Å²) in [5.41, 5.74) is -0.941. The molecule has 1 fully saturated rings. The van der Waals surface area contributed by atoms with Crippen LogP contribution in [0.2, 0.25) is 0 Å². The molecule has 1 aliphatic heterocycles. The molecule has 3 heterocycles. The van der Waals surface area contributed by atoms with Crippen LogP contribution >= 0.6 is 0 Å². The predicted molar refractivity (Wildman–Crippen MR) is 87.1 cm³/mol. The third-order valence-electron chi connectivity index (χ3n) is 4.61. The summed E-state index contributed by atoms with van der Waals surface area (Å²) in [6.07, 6.45) is -0.720. The molecule has 2 atom stereocenters. The van der Waals surface area contributed by atoms with Crippen LogP contribution < -0.4 is 4.90 Å². The van der Waals surface area contributed by atoms with E-state index in [-0.39, 0.29) is 17.3 Å². The molecule has 2 aromatic heterocycles. The van der Waals surface area contributed by atoms with Crippen molar-refractivity contribution in [3.05, 3.63) is 41.6 Å². The molecule has 6 nitrogen and oxygen atoms in total. The lowest BCUT2D eigenvalue weighted by molar-refractivity contribution is -0.141. The summed E-state index contributed by atoms with van der Waals surface area (Å²) in [5, 5.41) is 19.9. The van der Waals surface area contributed by atoms with Gasteiger partial charge in [-0.1, -0.05) is 0 Å². The van der Waals surface area contributed by atoms with E-state index in [1.54, 1.807) is 28.9 Å². The molecule has 0 spiro atoms. The normalized spacial score (nSPS) is 19.2. The van der Waals surface area contributed by atoms with Crippen LogP contribution in [0.25, 0.3) is 0 Å². The van der Waals surface area contributed by atoms with Crippen molar-refractivity contribution in [3.8, 4) is 6.07 Å². The maximum absolute atomic E-state index is 13.0. The molecule has 0 radical (unpaired) electrons. The molecular formula is C17H18F3N5O. The van der Waals surface area contributed by atoms with Gasteiger partial charge in [-0.15, -0.1) is 0 Å². The van der Waals surface area contributed by atoms with Gasteiger partial charge in [-0.2, -0.15) is 18.4 Å². The van der Waals surface area contributed by atoms with E-state index in [2.05, 4.69) is 9.97 Å². The first-order valence-corrected chi connectivity index (χ1v) is 8.20. The number of anilines is 1. The van der Waals surface area contributed by atoms with Crippen molar-refractivity contribution in [1.82, 2.24) is 14.5 Å². The van der Waals surface area contributed by atoms with Crippen LogP contribution in [0.5, 0.6) is 0 Å². The quantitative estimate of drug-likeness (QED) is 0.905. The second-order valence-corrected chi connectivity index (χ2v) is 6.37. The molecule has 0 aromatic carbocycles. The second kappa shape index (κ2) is 6.96. The van der Waals surface area contributed by atoms with Crippen LogP contribution in [0.4, 0.5) is 19.0 Å². The van der Waals surface area contributed by atoms with Crippen molar-refractivity contribution < 1.29 is 18.3 Å². The van der Waals surface area contributed by atoms with Gasteiger partial charge in [0.15, 0.2) is 0 Å². The van der Waals surface area contributed by atoms with Gasteiger partial charge in [0, 0.05) is 38.4 Å². The van der Waals surface area contributed by atoms with E-state index in [1.165, 1.54) is 0 Å². The van der Waals surface area contributed by atoms with Crippen LogP contribution in [-0.2, 0) is 13.2 Å². The van der Waals surface area contributed by atoms with Crippen LogP contribution in [0.15, 0.2) is 24.5 Å². The number of pyridine rings is 1. The summed E-state index contributed by atoms with van der Waals surface area (Å²) >= 11 is 0. The van der Waals surface area contributed by atoms with Crippen molar-refractivity contribution in [2.75, 3.05) is 18.0 Å². The third-order valence-corrected chi connectivity index (χ3v) is 4.61. The van der Waals surface area contributed by atoms with E-state index in [0.717, 1.165) is 12.1 Å². The summed E-state index contributed by atoms with van der Waals surface area (Å²) in [6, 6.07) is 3.86. The number of nitriles is 1. The zero-order chi connectivity index (χ0) is 18.9. The second-order valence-electron chi connectivity index (χ2n) is 6.37. The highest BCUT2D eigenvalue weighted by molar-refractivity contribution is 5.55. The maximum Gasteiger partial charge on any atom is 0.433 e. The number of aromatic nitrogens is 3. The Hall–Kier alpha value is -2.60. The standard InChI is InChI=1S/C17H18F3N5O/c1-24-8-6-22-16(24)14(26)12-3-2-7-25(10-12)15-11(9-21)4-5-13(23-15)17(18,19)20/h4-6,8,12,14,26H,2-3,7,10H2,1H3. The fourth-order valence-electron chi connectivity index (χ4n) is 3.27. The van der Waals surface area contributed by atoms with Gasteiger partial charge in [0.1, 0.15) is 29.5 Å². The van der Waals surface area contributed by atoms with Gasteiger partial charge < -0.3 is 14.6 Å². The minimum atomic E-state index is -4.58. The molecule has 0 aliphatic carbocycles. The third kappa shape index (κ3) is 3.51. The molecule has 1 saturated heterocycles. The number of hydrogen-bond donors (Lipinski definition) is 1. The first-order valence-electron chi connectivity index (χ1n) is 8.20. The number of alkyl halides is 3. The van der Waals surface area contributed by atoms with E-state index < -0.39 is 18.0 Å². The average molecular weight is 365 g/mol. The van der Waals surface area contributed by atoms with Crippen molar-refractivity contribution in [2.45, 2.75) is 25.1 Å². The Labute approximate surface area is 148 Å². The number of imidazole rings is 1. The summed E-state index contributed by atoms with van der Waals surface area (Å²) in [5.74, 6) is 0.307. The number of aliphatic hydroxyl groups is 1. The van der Waals surface area contributed by atoms with Crippen molar-refractivity contribution in [3.63, 3.8) is 0 Å². The molecule has 138 valence electrons. The number of nitrogens with zero attached hydrogens (tertiary/aromatic N) is 5. The van der Waals surface area contributed by atoms with Crippen LogP contribution in [0, 0.1) is 17.2 Å². The molecule has 0 bridgehead atoms. The summed E-state index contributed by atoms with van der Waals surface area (Å²) < 4.78 is 40.7. The monoisotopic (exact) mass is 365 g/mol. The highest BCUT2D eigenvalue weighted by Crippen LogP contribution is 2.34. The first-order chi connectivity index (χ1) is 12.3. The SMILES string of the molecule is Cn1ccnc1C(O)C1CCCN(c2nc(C(F)(F)F)ccc2C#N)C1. The van der Waals surface area contributed by atoms with Crippen LogP contribution in [0.3, 0.4) is 0 Å². The number of hydrogen-bond acceptors (Lipinski definition) is 5. The Morgan fingerprint density at radius 1 is 1.38 bits per heavy atom. The smallest absolute Gasteiger partial charge is 0.385 e. The molecule has 0 saturated carbocycles. The van der Waals surface area contributed by atoms with E-state index >= 15 is 0 Å². The van der Waals surface area contributed by atoms with Gasteiger partial charge in [0.2, 0.25) is 0 Å². The van der Waals surface area contributed by atoms with E-state index in [9.17, 15) is 23.5 Å². The highest BCUT2D eigenvalue weighted by Gasteiger charge is 2.35. The largest absolute Gasteiger partial charge is 0.433 e. The van der Waals surface area contributed by atoms with Crippen LogP contribution in [0.1, 0.15) is 36.0 Å². The Balaban J connectivity index is 1.88. The fraction of sp³-hybridized carbons (Fsp3) is 0.471. The van der Waals surface area contributed by atoms with Crippen LogP contribution in [-0.4, -0.2) is 32.7 Å². The van der Waals surface area contributed by atoms with E-state index in [1.807, 2.05) is 6.07 Å². The zero-order valence-corrected chi connectivity index (χ0v) is 14.1. The molecule has 26 heavy (non-hydrogen) atoms. The van der Waals surface area contributed by atoms with Gasteiger partial charge in [-0.3, -0.25) is 0 Å². The number of rotatable bonds is 3. The van der Waals surface area contributed by atoms with Gasteiger partial charge in [0.25, 0.3) is 0 Å². The summed E-state index contributed by atoms with van der Waals surface area (Å²) in [6.45, 7) is 0.782. The Morgan fingerprint density at radius 3 is 2.77 bits per heavy atom. The lowest BCUT2D eigenvalue weighted by atomic mass is 9.91. The lowest BCUT2D eigenvalue weighted by Gasteiger charge is -2.36. The fourth-order valence-corrected chi connectivity index (χ4v) is 3.27. The lowest BCUT2D eigenvalue weighted by Crippen LogP contribution is -2.39. The van der Waals surface area contributed by atoms with Gasteiger partial charge in [-0.05, 0) is 25.0 Å². The van der Waals surface area contributed by atoms with Crippen molar-refractivity contribution >= 4 is 5.82 Å². The molecule has 0 amide bonds. The van der Waals surface area contributed by atoms with Crippen molar-refractivity contribution in [1.29, 1.82) is 5.26 Å². The minimum absolute atomic E-state index is 0.0130. The number of piperidine rings is 1. The molecule has 9 heteroatoms. The molecule has 1 N–H and O–H groups in total. The summed E-state index contributed by atoms with van der Waals surface area (Å²) in [4.78, 5) is 9.48.